The number of rotatable bonds is 5. The summed E-state index contributed by atoms with van der Waals surface area (Å²) in [4.78, 5) is 24.3. The maximum atomic E-state index is 12.2. The Labute approximate surface area is 140 Å². The van der Waals surface area contributed by atoms with Gasteiger partial charge >= 0.3 is 6.09 Å². The van der Waals surface area contributed by atoms with Gasteiger partial charge in [0.05, 0.1) is 11.5 Å². The van der Waals surface area contributed by atoms with Crippen molar-refractivity contribution < 1.29 is 19.6 Å². The first-order valence-corrected chi connectivity index (χ1v) is 7.81. The summed E-state index contributed by atoms with van der Waals surface area (Å²) in [5.74, 6) is 0. The van der Waals surface area contributed by atoms with Crippen molar-refractivity contribution in [1.29, 1.82) is 0 Å². The van der Waals surface area contributed by atoms with Crippen molar-refractivity contribution in [2.75, 3.05) is 25.1 Å². The van der Waals surface area contributed by atoms with Crippen LogP contribution in [0.15, 0.2) is 18.2 Å². The minimum Gasteiger partial charge on any atom is -0.447 e. The molecule has 0 unspecified atom stereocenters. The Kier molecular flexibility index (Phi) is 5.28. The lowest BCUT2D eigenvalue weighted by molar-refractivity contribution is -0.384. The number of hydrogen-bond acceptors (Lipinski definition) is 6. The first kappa shape index (κ1) is 18.0. The van der Waals surface area contributed by atoms with E-state index in [9.17, 15) is 14.9 Å². The normalized spacial score (nSPS) is 16.2. The zero-order valence-electron chi connectivity index (χ0n) is 14.1. The average Bonchev–Trinajstić information content (AvgIpc) is 2.90. The molecule has 0 saturated carbocycles. The van der Waals surface area contributed by atoms with Gasteiger partial charge in [0.2, 0.25) is 0 Å². The maximum absolute atomic E-state index is 12.2. The number of anilines is 1. The van der Waals surface area contributed by atoms with Crippen LogP contribution in [0.4, 0.5) is 16.2 Å². The summed E-state index contributed by atoms with van der Waals surface area (Å²) >= 11 is 0. The van der Waals surface area contributed by atoms with Crippen LogP contribution in [0.1, 0.15) is 26.3 Å². The van der Waals surface area contributed by atoms with Gasteiger partial charge in [-0.2, -0.15) is 0 Å². The number of hydrogen-bond donors (Lipinski definition) is 2. The molecule has 0 fully saturated rings. The number of aliphatic hydroxyl groups excluding tert-OH is 1. The second-order valence-electron chi connectivity index (χ2n) is 6.76. The van der Waals surface area contributed by atoms with E-state index in [4.69, 9.17) is 9.84 Å². The highest BCUT2D eigenvalue weighted by Gasteiger charge is 2.32. The summed E-state index contributed by atoms with van der Waals surface area (Å²) in [7, 11) is 0. The van der Waals surface area contributed by atoms with Crippen molar-refractivity contribution in [2.24, 2.45) is 0 Å². The number of carbonyl (C=O) groups excluding carboxylic acids is 1. The number of carbonyl (C=O) groups is 1. The lowest BCUT2D eigenvalue weighted by Gasteiger charge is -2.36. The second kappa shape index (κ2) is 7.04. The Hall–Kier alpha value is -2.35. The predicted octanol–water partition coefficient (Wildman–Crippen LogP) is 2.16. The molecule has 8 nitrogen and oxygen atoms in total. The third-order valence-electron chi connectivity index (χ3n) is 3.88. The molecule has 1 amide bonds. The number of nitro benzene ring substituents is 1. The molecule has 0 spiro atoms. The van der Waals surface area contributed by atoms with Crippen molar-refractivity contribution in [3.8, 4) is 0 Å². The monoisotopic (exact) mass is 337 g/mol. The molecule has 24 heavy (non-hydrogen) atoms. The van der Waals surface area contributed by atoms with Crippen LogP contribution in [-0.4, -0.2) is 52.4 Å². The van der Waals surface area contributed by atoms with E-state index in [0.29, 0.717) is 13.0 Å². The van der Waals surface area contributed by atoms with Crippen molar-refractivity contribution >= 4 is 17.5 Å². The number of nitrogens with zero attached hydrogens (tertiary/aromatic N) is 2. The molecule has 2 N–H and O–H groups in total. The number of fused-ring (bicyclic) bond motifs is 1. The Morgan fingerprint density at radius 2 is 2.21 bits per heavy atom. The van der Waals surface area contributed by atoms with Gasteiger partial charge in [-0.3, -0.25) is 10.1 Å². The van der Waals surface area contributed by atoms with Gasteiger partial charge in [-0.1, -0.05) is 0 Å². The van der Waals surface area contributed by atoms with Gasteiger partial charge in [-0.25, -0.2) is 4.79 Å². The predicted molar refractivity (Wildman–Crippen MR) is 89.1 cm³/mol. The Morgan fingerprint density at radius 3 is 2.79 bits per heavy atom. The quantitative estimate of drug-likeness (QED) is 0.630. The summed E-state index contributed by atoms with van der Waals surface area (Å²) in [5, 5.41) is 23.0. The summed E-state index contributed by atoms with van der Waals surface area (Å²) < 4.78 is 5.04. The van der Waals surface area contributed by atoms with Gasteiger partial charge in [0, 0.05) is 35.9 Å². The fourth-order valence-corrected chi connectivity index (χ4v) is 2.70. The van der Waals surface area contributed by atoms with Crippen LogP contribution in [0.3, 0.4) is 0 Å². The van der Waals surface area contributed by atoms with Gasteiger partial charge in [-0.05, 0) is 38.8 Å². The number of ether oxygens (including phenoxy) is 1. The van der Waals surface area contributed by atoms with Crippen LogP contribution >= 0.6 is 0 Å². The third-order valence-corrected chi connectivity index (χ3v) is 3.88. The minimum atomic E-state index is -0.486. The third kappa shape index (κ3) is 4.14. The first-order valence-electron chi connectivity index (χ1n) is 7.81. The smallest absolute Gasteiger partial charge is 0.410 e. The van der Waals surface area contributed by atoms with E-state index in [2.05, 4.69) is 5.32 Å². The number of nitrogens with one attached hydrogen (secondary N) is 1. The molecule has 1 atom stereocenters. The molecule has 1 aromatic rings. The molecule has 132 valence electrons. The summed E-state index contributed by atoms with van der Waals surface area (Å²) in [5.41, 5.74) is 1.33. The summed E-state index contributed by atoms with van der Waals surface area (Å²) in [6.45, 7) is 5.84. The van der Waals surface area contributed by atoms with E-state index < -0.39 is 16.6 Å². The number of benzene rings is 1. The fourth-order valence-electron chi connectivity index (χ4n) is 2.70. The molecule has 0 aliphatic carbocycles. The summed E-state index contributed by atoms with van der Waals surface area (Å²) in [6, 6.07) is 4.67. The van der Waals surface area contributed by atoms with Gasteiger partial charge in [-0.15, -0.1) is 0 Å². The number of non-ortho nitro benzene ring substituents is 1. The lowest BCUT2D eigenvalue weighted by Crippen LogP contribution is -2.50. The fraction of sp³-hybridized carbons (Fsp3) is 0.562. The SMILES string of the molecule is CC(C)(C)N(C[C@@H]1Cc2cc([N+](=O)[O-])ccc2N1)C(=O)OCCO. The topological polar surface area (TPSA) is 105 Å². The van der Waals surface area contributed by atoms with Crippen molar-refractivity contribution in [1.82, 2.24) is 4.90 Å². The van der Waals surface area contributed by atoms with E-state index >= 15 is 0 Å². The second-order valence-corrected chi connectivity index (χ2v) is 6.76. The number of aliphatic hydroxyl groups is 1. The van der Waals surface area contributed by atoms with Gasteiger partial charge < -0.3 is 20.1 Å². The Bertz CT molecular complexity index is 627. The molecule has 0 saturated heterocycles. The van der Waals surface area contributed by atoms with Crippen LogP contribution in [0, 0.1) is 10.1 Å². The first-order chi connectivity index (χ1) is 11.2. The van der Waals surface area contributed by atoms with E-state index in [1.165, 1.54) is 6.07 Å². The minimum absolute atomic E-state index is 0.0457. The van der Waals surface area contributed by atoms with Crippen molar-refractivity contribution in [2.45, 2.75) is 38.8 Å². The molecule has 1 heterocycles. The molecule has 1 aliphatic rings. The van der Waals surface area contributed by atoms with E-state index in [1.54, 1.807) is 17.0 Å². The van der Waals surface area contributed by atoms with Crippen LogP contribution in [0.5, 0.6) is 0 Å². The van der Waals surface area contributed by atoms with Gasteiger partial charge in [0.1, 0.15) is 6.61 Å². The van der Waals surface area contributed by atoms with Gasteiger partial charge in [0.15, 0.2) is 0 Å². The zero-order chi connectivity index (χ0) is 17.9. The van der Waals surface area contributed by atoms with Crippen LogP contribution in [-0.2, 0) is 11.2 Å². The molecular weight excluding hydrogens is 314 g/mol. The molecule has 1 aliphatic heterocycles. The Morgan fingerprint density at radius 1 is 1.50 bits per heavy atom. The number of amides is 1. The van der Waals surface area contributed by atoms with Gasteiger partial charge in [0.25, 0.3) is 5.69 Å². The summed E-state index contributed by atoms with van der Waals surface area (Å²) in [6.07, 6.45) is 0.108. The lowest BCUT2D eigenvalue weighted by atomic mass is 10.0. The van der Waals surface area contributed by atoms with Crippen LogP contribution < -0.4 is 5.32 Å². The Balaban J connectivity index is 2.08. The van der Waals surface area contributed by atoms with E-state index in [-0.39, 0.29) is 24.9 Å². The zero-order valence-corrected chi connectivity index (χ0v) is 14.1. The van der Waals surface area contributed by atoms with Crippen molar-refractivity contribution in [3.63, 3.8) is 0 Å². The molecule has 0 bridgehead atoms. The highest BCUT2D eigenvalue weighted by atomic mass is 16.6. The van der Waals surface area contributed by atoms with Crippen molar-refractivity contribution in [3.05, 3.63) is 33.9 Å². The molecule has 2 rings (SSSR count). The average molecular weight is 337 g/mol. The standard InChI is InChI=1S/C16H23N3O5/c1-16(2,3)18(15(21)24-7-6-20)10-12-8-11-9-13(19(22)23)4-5-14(11)17-12/h4-5,9,12,17,20H,6-8,10H2,1-3H3/t12-/m0/s1. The van der Waals surface area contributed by atoms with Crippen LogP contribution in [0.2, 0.25) is 0 Å². The molecular formula is C16H23N3O5. The highest BCUT2D eigenvalue weighted by molar-refractivity contribution is 5.69. The number of nitro groups is 1. The molecule has 0 radical (unpaired) electrons. The largest absolute Gasteiger partial charge is 0.447 e. The molecule has 0 aromatic heterocycles. The van der Waals surface area contributed by atoms with E-state index in [0.717, 1.165) is 11.3 Å². The molecule has 1 aromatic carbocycles. The highest BCUT2D eigenvalue weighted by Crippen LogP contribution is 2.30. The molecule has 8 heteroatoms. The van der Waals surface area contributed by atoms with Crippen LogP contribution in [0.25, 0.3) is 0 Å². The van der Waals surface area contributed by atoms with E-state index in [1.807, 2.05) is 20.8 Å². The maximum Gasteiger partial charge on any atom is 0.410 e.